The summed E-state index contributed by atoms with van der Waals surface area (Å²) in [5.74, 6) is -0.910. The third kappa shape index (κ3) is 5.14. The van der Waals surface area contributed by atoms with Crippen molar-refractivity contribution in [2.45, 2.75) is 26.9 Å². The number of carbonyl (C=O) groups is 3. The van der Waals surface area contributed by atoms with E-state index in [-0.39, 0.29) is 38.7 Å². The number of aliphatic hydroxyl groups is 1. The molecule has 4 rings (SSSR count). The van der Waals surface area contributed by atoms with Gasteiger partial charge in [-0.2, -0.15) is 5.10 Å². The monoisotopic (exact) mass is 457 g/mol. The Bertz CT molecular complexity index is 1210. The van der Waals surface area contributed by atoms with Gasteiger partial charge >= 0.3 is 6.09 Å². The van der Waals surface area contributed by atoms with Crippen LogP contribution in [0.4, 0.5) is 14.9 Å². The molecule has 0 aliphatic carbocycles. The van der Waals surface area contributed by atoms with Crippen molar-refractivity contribution in [2.75, 3.05) is 24.6 Å². The van der Waals surface area contributed by atoms with Crippen LogP contribution in [0.5, 0.6) is 0 Å². The van der Waals surface area contributed by atoms with Crippen LogP contribution in [0.3, 0.4) is 0 Å². The average Bonchev–Trinajstić information content (AvgIpc) is 3.33. The Morgan fingerprint density at radius 1 is 1.30 bits per heavy atom. The second-order valence-corrected chi connectivity index (χ2v) is 7.34. The van der Waals surface area contributed by atoms with Crippen LogP contribution >= 0.6 is 0 Å². The molecule has 174 valence electrons. The van der Waals surface area contributed by atoms with Gasteiger partial charge in [-0.1, -0.05) is 7.43 Å². The van der Waals surface area contributed by atoms with Crippen molar-refractivity contribution in [3.05, 3.63) is 48.2 Å². The van der Waals surface area contributed by atoms with Gasteiger partial charge in [-0.3, -0.25) is 14.5 Å². The van der Waals surface area contributed by atoms with Crippen LogP contribution in [0.15, 0.2) is 36.5 Å². The number of cyclic esters (lactones) is 1. The lowest BCUT2D eigenvalue weighted by Gasteiger charge is -2.14. The number of aliphatic hydroxyl groups excluding tert-OH is 1. The van der Waals surface area contributed by atoms with Crippen molar-refractivity contribution in [1.82, 2.24) is 19.9 Å². The average molecular weight is 457 g/mol. The molecule has 10 nitrogen and oxygen atoms in total. The minimum Gasteiger partial charge on any atom is -0.442 e. The molecule has 3 aromatic rings. The molecule has 1 aromatic carbocycles. The summed E-state index contributed by atoms with van der Waals surface area (Å²) in [6.45, 7) is 1.16. The number of anilines is 1. The number of benzene rings is 1. The molecule has 1 aliphatic heterocycles. The van der Waals surface area contributed by atoms with Gasteiger partial charge < -0.3 is 15.2 Å². The van der Waals surface area contributed by atoms with E-state index in [4.69, 9.17) is 9.84 Å². The summed E-state index contributed by atoms with van der Waals surface area (Å²) in [6.07, 6.45) is 0.382. The van der Waals surface area contributed by atoms with Crippen LogP contribution in [-0.2, 0) is 20.7 Å². The van der Waals surface area contributed by atoms with E-state index in [1.807, 2.05) is 0 Å². The lowest BCUT2D eigenvalue weighted by molar-refractivity contribution is -0.121. The Labute approximate surface area is 189 Å². The molecule has 1 aliphatic rings. The number of rotatable bonds is 7. The number of Topliss-reactive ketones (excluding diaryl/α,β-unsaturated/α-hetero) is 1. The van der Waals surface area contributed by atoms with Crippen molar-refractivity contribution < 1.29 is 28.6 Å². The Morgan fingerprint density at radius 3 is 2.79 bits per heavy atom. The molecular formula is C22H24FN5O5. The number of carbonyl (C=O) groups excluding carboxylic acids is 3. The number of nitrogens with zero attached hydrogens (tertiary/aromatic N) is 4. The van der Waals surface area contributed by atoms with Gasteiger partial charge in [-0.25, -0.2) is 18.7 Å². The molecular weight excluding hydrogens is 433 g/mol. The number of aromatic nitrogens is 3. The number of ether oxygens (including phenoxy) is 1. The molecule has 1 fully saturated rings. The van der Waals surface area contributed by atoms with E-state index >= 15 is 0 Å². The molecule has 2 aromatic heterocycles. The van der Waals surface area contributed by atoms with Gasteiger partial charge in [0.2, 0.25) is 5.91 Å². The highest BCUT2D eigenvalue weighted by Crippen LogP contribution is 2.29. The molecule has 2 N–H and O–H groups in total. The van der Waals surface area contributed by atoms with Crippen molar-refractivity contribution in [2.24, 2.45) is 0 Å². The van der Waals surface area contributed by atoms with Gasteiger partial charge in [-0.05, 0) is 35.9 Å². The maximum atomic E-state index is 14.9. The first-order chi connectivity index (χ1) is 15.3. The Hall–Kier alpha value is -3.86. The van der Waals surface area contributed by atoms with E-state index < -0.39 is 30.4 Å². The number of amides is 2. The van der Waals surface area contributed by atoms with Crippen molar-refractivity contribution >= 4 is 29.1 Å². The molecule has 0 unspecified atom stereocenters. The van der Waals surface area contributed by atoms with E-state index in [9.17, 15) is 18.8 Å². The zero-order chi connectivity index (χ0) is 22.8. The molecule has 1 atom stereocenters. The third-order valence-electron chi connectivity index (χ3n) is 4.94. The van der Waals surface area contributed by atoms with Crippen LogP contribution < -0.4 is 10.2 Å². The van der Waals surface area contributed by atoms with E-state index in [1.165, 1.54) is 22.4 Å². The fraction of sp³-hybridized carbons (Fsp3) is 0.318. The van der Waals surface area contributed by atoms with Gasteiger partial charge in [0.05, 0.1) is 25.2 Å². The van der Waals surface area contributed by atoms with E-state index in [2.05, 4.69) is 15.4 Å². The van der Waals surface area contributed by atoms with Crippen LogP contribution in [0, 0.1) is 5.82 Å². The Morgan fingerprint density at radius 2 is 2.09 bits per heavy atom. The first kappa shape index (κ1) is 23.8. The molecule has 0 radical (unpaired) electrons. The lowest BCUT2D eigenvalue weighted by Crippen LogP contribution is -2.33. The smallest absolute Gasteiger partial charge is 0.414 e. The fourth-order valence-corrected chi connectivity index (χ4v) is 3.40. The van der Waals surface area contributed by atoms with Gasteiger partial charge in [0.25, 0.3) is 0 Å². The molecule has 33 heavy (non-hydrogen) atoms. The van der Waals surface area contributed by atoms with E-state index in [0.29, 0.717) is 22.5 Å². The second-order valence-electron chi connectivity index (χ2n) is 7.34. The SMILES string of the molecule is C.CC(=O)NC[C@H]1CN(c2ccc(-c3ccn4nc(CC(=O)CO)nc4c3)c(F)c2)C(=O)O1. The summed E-state index contributed by atoms with van der Waals surface area (Å²) in [6, 6.07) is 7.70. The number of hydrogen-bond acceptors (Lipinski definition) is 7. The van der Waals surface area contributed by atoms with E-state index in [1.54, 1.807) is 30.5 Å². The quantitative estimate of drug-likeness (QED) is 0.553. The summed E-state index contributed by atoms with van der Waals surface area (Å²) in [4.78, 5) is 40.2. The number of fused-ring (bicyclic) bond motifs is 1. The molecule has 0 saturated carbocycles. The lowest BCUT2D eigenvalue weighted by atomic mass is 10.1. The largest absolute Gasteiger partial charge is 0.442 e. The molecule has 0 spiro atoms. The molecule has 0 bridgehead atoms. The summed E-state index contributed by atoms with van der Waals surface area (Å²) in [7, 11) is 0. The van der Waals surface area contributed by atoms with Crippen molar-refractivity contribution in [1.29, 1.82) is 0 Å². The van der Waals surface area contributed by atoms with Gasteiger partial charge in [0, 0.05) is 18.7 Å². The molecule has 11 heteroatoms. The summed E-state index contributed by atoms with van der Waals surface area (Å²) in [5.41, 5.74) is 1.61. The number of ketones is 1. The first-order valence-electron chi connectivity index (χ1n) is 9.84. The van der Waals surface area contributed by atoms with Crippen LogP contribution in [-0.4, -0.2) is 63.3 Å². The highest BCUT2D eigenvalue weighted by atomic mass is 19.1. The molecule has 2 amide bonds. The number of nitrogens with one attached hydrogen (secondary N) is 1. The first-order valence-corrected chi connectivity index (χ1v) is 9.84. The highest BCUT2D eigenvalue weighted by molar-refractivity contribution is 5.90. The number of pyridine rings is 1. The summed E-state index contributed by atoms with van der Waals surface area (Å²) >= 11 is 0. The Kier molecular flexibility index (Phi) is 7.02. The van der Waals surface area contributed by atoms with Gasteiger partial charge in [0.1, 0.15) is 18.5 Å². The molecule has 3 heterocycles. The second kappa shape index (κ2) is 9.74. The molecule has 1 saturated heterocycles. The predicted octanol–water partition coefficient (Wildman–Crippen LogP) is 1.74. The zero-order valence-electron chi connectivity index (χ0n) is 17.1. The van der Waals surface area contributed by atoms with Gasteiger partial charge in [-0.15, -0.1) is 0 Å². The number of hydrogen-bond donors (Lipinski definition) is 2. The minimum absolute atomic E-state index is 0. The van der Waals surface area contributed by atoms with Gasteiger partial charge in [0.15, 0.2) is 17.3 Å². The van der Waals surface area contributed by atoms with Crippen LogP contribution in [0.2, 0.25) is 0 Å². The van der Waals surface area contributed by atoms with E-state index in [0.717, 1.165) is 0 Å². The van der Waals surface area contributed by atoms with Crippen LogP contribution in [0.1, 0.15) is 20.2 Å². The number of halogens is 1. The topological polar surface area (TPSA) is 126 Å². The van der Waals surface area contributed by atoms with Crippen molar-refractivity contribution in [3.63, 3.8) is 0 Å². The van der Waals surface area contributed by atoms with Crippen molar-refractivity contribution in [3.8, 4) is 11.1 Å². The third-order valence-corrected chi connectivity index (χ3v) is 4.94. The minimum atomic E-state index is -0.609. The zero-order valence-corrected chi connectivity index (χ0v) is 17.1. The summed E-state index contributed by atoms with van der Waals surface area (Å²) < 4.78 is 21.6. The predicted molar refractivity (Wildman–Crippen MR) is 117 cm³/mol. The normalized spacial score (nSPS) is 15.3. The fourth-order valence-electron chi connectivity index (χ4n) is 3.40. The maximum Gasteiger partial charge on any atom is 0.414 e. The standard InChI is InChI=1S/C21H20FN5O5.CH4/c1-12(29)23-9-16-10-26(21(31)32-16)14-2-3-17(18(22)7-14)13-4-5-27-20(6-13)24-19(25-27)8-15(30)11-28;/h2-7,16,28H,8-11H2,1H3,(H,23,29);1H4/t16-;/m0./s1. The maximum absolute atomic E-state index is 14.9. The Balaban J connectivity index is 0.00000306. The summed E-state index contributed by atoms with van der Waals surface area (Å²) in [5, 5.41) is 15.6. The van der Waals surface area contributed by atoms with Crippen LogP contribution in [0.25, 0.3) is 16.8 Å². The highest BCUT2D eigenvalue weighted by Gasteiger charge is 2.32.